The average Bonchev–Trinajstić information content (AvgIpc) is 3.36. The molecule has 3 aromatic rings. The van der Waals surface area contributed by atoms with Gasteiger partial charge in [0.1, 0.15) is 6.10 Å². The first kappa shape index (κ1) is 22.2. The first-order chi connectivity index (χ1) is 17.0. The lowest BCUT2D eigenvalue weighted by molar-refractivity contribution is -0.113. The summed E-state index contributed by atoms with van der Waals surface area (Å²) in [6.45, 7) is 3.32. The number of anilines is 2. The van der Waals surface area contributed by atoms with Gasteiger partial charge in [0.05, 0.1) is 35.6 Å². The van der Waals surface area contributed by atoms with E-state index in [2.05, 4.69) is 23.6 Å². The van der Waals surface area contributed by atoms with Crippen molar-refractivity contribution in [1.82, 2.24) is 9.88 Å². The number of carbonyl (C=O) groups is 2. The molecular formula is C26H26N4O4S. The van der Waals surface area contributed by atoms with Gasteiger partial charge in [0.2, 0.25) is 5.91 Å². The Morgan fingerprint density at radius 2 is 2.03 bits per heavy atom. The summed E-state index contributed by atoms with van der Waals surface area (Å²) in [5.74, 6) is 0.376. The Morgan fingerprint density at radius 3 is 2.91 bits per heavy atom. The van der Waals surface area contributed by atoms with Crippen LogP contribution < -0.4 is 21.1 Å². The molecule has 2 aromatic carbocycles. The van der Waals surface area contributed by atoms with Crippen molar-refractivity contribution >= 4 is 46.0 Å². The number of hydrogen-bond acceptors (Lipinski definition) is 6. The highest BCUT2D eigenvalue weighted by molar-refractivity contribution is 8.00. The molecule has 9 heteroatoms. The molecular weight excluding hydrogens is 464 g/mol. The number of ether oxygens (including phenoxy) is 1. The molecule has 1 aromatic heterocycles. The predicted molar refractivity (Wildman–Crippen MR) is 136 cm³/mol. The maximum absolute atomic E-state index is 12.5. The molecule has 3 aliphatic rings. The fraction of sp³-hybridized carbons (Fsp3) is 0.346. The largest absolute Gasteiger partial charge is 0.444 e. The van der Waals surface area contributed by atoms with Gasteiger partial charge in [-0.2, -0.15) is 0 Å². The van der Waals surface area contributed by atoms with Crippen molar-refractivity contribution in [2.45, 2.75) is 42.8 Å². The lowest BCUT2D eigenvalue weighted by Gasteiger charge is -2.20. The second kappa shape index (κ2) is 8.73. The summed E-state index contributed by atoms with van der Waals surface area (Å²) in [5, 5.41) is 7.58. The van der Waals surface area contributed by atoms with E-state index in [-0.39, 0.29) is 35.7 Å². The molecule has 3 aliphatic heterocycles. The quantitative estimate of drug-likeness (QED) is 0.507. The van der Waals surface area contributed by atoms with Gasteiger partial charge in [-0.25, -0.2) is 4.79 Å². The number of nitrogens with one attached hydrogen (secondary N) is 2. The van der Waals surface area contributed by atoms with E-state index in [9.17, 15) is 14.4 Å². The summed E-state index contributed by atoms with van der Waals surface area (Å²) in [4.78, 5) is 39.4. The van der Waals surface area contributed by atoms with Gasteiger partial charge in [-0.1, -0.05) is 18.2 Å². The third-order valence-electron chi connectivity index (χ3n) is 7.06. The summed E-state index contributed by atoms with van der Waals surface area (Å²) in [6.07, 6.45) is 1.04. The minimum atomic E-state index is -0.358. The molecule has 6 rings (SSSR count). The second-order valence-corrected chi connectivity index (χ2v) is 10.3. The van der Waals surface area contributed by atoms with Gasteiger partial charge in [-0.15, -0.1) is 11.8 Å². The summed E-state index contributed by atoms with van der Waals surface area (Å²) in [7, 11) is 0. The van der Waals surface area contributed by atoms with E-state index >= 15 is 0 Å². The van der Waals surface area contributed by atoms with E-state index < -0.39 is 0 Å². The van der Waals surface area contributed by atoms with Crippen molar-refractivity contribution in [3.8, 4) is 0 Å². The maximum atomic E-state index is 12.5. The Labute approximate surface area is 206 Å². The van der Waals surface area contributed by atoms with Crippen LogP contribution in [-0.2, 0) is 9.53 Å². The van der Waals surface area contributed by atoms with Gasteiger partial charge in [0, 0.05) is 16.6 Å². The third kappa shape index (κ3) is 3.88. The number of nitrogens with zero attached hydrogens (tertiary/aromatic N) is 2. The van der Waals surface area contributed by atoms with Crippen molar-refractivity contribution in [2.75, 3.05) is 29.1 Å². The molecule has 0 bridgehead atoms. The molecule has 1 fully saturated rings. The van der Waals surface area contributed by atoms with Crippen molar-refractivity contribution in [1.29, 1.82) is 0 Å². The number of para-hydroxylation sites is 1. The highest BCUT2D eigenvalue weighted by Crippen LogP contribution is 2.39. The lowest BCUT2D eigenvalue weighted by atomic mass is 10.0. The van der Waals surface area contributed by atoms with Crippen LogP contribution in [0.2, 0.25) is 0 Å². The minimum absolute atomic E-state index is 0.0278. The summed E-state index contributed by atoms with van der Waals surface area (Å²) in [6, 6.07) is 15.5. The van der Waals surface area contributed by atoms with Crippen LogP contribution in [0.15, 0.2) is 58.2 Å². The smallest absolute Gasteiger partial charge is 0.414 e. The monoisotopic (exact) mass is 490 g/mol. The number of amides is 2. The van der Waals surface area contributed by atoms with E-state index in [1.165, 1.54) is 11.8 Å². The van der Waals surface area contributed by atoms with Crippen molar-refractivity contribution < 1.29 is 14.3 Å². The van der Waals surface area contributed by atoms with Crippen molar-refractivity contribution in [3.05, 3.63) is 64.4 Å². The molecule has 0 radical (unpaired) electrons. The van der Waals surface area contributed by atoms with Gasteiger partial charge < -0.3 is 19.9 Å². The molecule has 2 unspecified atom stereocenters. The standard InChI is InChI=1S/C26H26N4O4S/c1-15-24(19-6-2-4-16-7-10-23(32)30(15)25(16)19)27-11-3-5-18-13-29(26(33)34-18)17-8-9-21-20(12-17)28-22(31)14-35-21/h2,4,6-10,12,15,18,24,27H,3,5,11,13-14H2,1H3,(H,28,31)/t15?,18-,24?/m0/s1. The van der Waals surface area contributed by atoms with E-state index in [4.69, 9.17) is 4.74 Å². The first-order valence-electron chi connectivity index (χ1n) is 11.9. The summed E-state index contributed by atoms with van der Waals surface area (Å²) >= 11 is 1.50. The van der Waals surface area contributed by atoms with Gasteiger partial charge in [0.25, 0.3) is 5.56 Å². The number of pyridine rings is 1. The fourth-order valence-corrected chi connectivity index (χ4v) is 6.19. The van der Waals surface area contributed by atoms with Crippen LogP contribution in [0.3, 0.4) is 0 Å². The molecule has 2 N–H and O–H groups in total. The van der Waals surface area contributed by atoms with Crippen molar-refractivity contribution in [3.63, 3.8) is 0 Å². The minimum Gasteiger partial charge on any atom is -0.444 e. The maximum Gasteiger partial charge on any atom is 0.414 e. The Hall–Kier alpha value is -3.30. The van der Waals surface area contributed by atoms with E-state index in [0.717, 1.165) is 52.1 Å². The molecule has 4 heterocycles. The topological polar surface area (TPSA) is 92.7 Å². The zero-order valence-corrected chi connectivity index (χ0v) is 20.1. The van der Waals surface area contributed by atoms with Gasteiger partial charge in [-0.05, 0) is 61.5 Å². The highest BCUT2D eigenvalue weighted by Gasteiger charge is 2.34. The van der Waals surface area contributed by atoms with Crippen LogP contribution in [0.5, 0.6) is 0 Å². The molecule has 2 amide bonds. The molecule has 180 valence electrons. The van der Waals surface area contributed by atoms with Crippen LogP contribution in [0.25, 0.3) is 10.9 Å². The number of hydrogen-bond donors (Lipinski definition) is 2. The Morgan fingerprint density at radius 1 is 1.14 bits per heavy atom. The number of fused-ring (bicyclic) bond motifs is 1. The number of benzene rings is 2. The van der Waals surface area contributed by atoms with Crippen LogP contribution in [0.4, 0.5) is 16.2 Å². The molecule has 35 heavy (non-hydrogen) atoms. The first-order valence-corrected chi connectivity index (χ1v) is 12.9. The molecule has 8 nitrogen and oxygen atoms in total. The van der Waals surface area contributed by atoms with Gasteiger partial charge >= 0.3 is 6.09 Å². The van der Waals surface area contributed by atoms with Crippen LogP contribution in [0, 0.1) is 0 Å². The Bertz CT molecular complexity index is 1400. The average molecular weight is 491 g/mol. The SMILES string of the molecule is CC1C(NCCC[C@H]2CN(c3ccc4c(c3)NC(=O)CS4)C(=O)O2)c2cccc3ccc(=O)n1c23. The van der Waals surface area contributed by atoms with Gasteiger partial charge in [0.15, 0.2) is 0 Å². The van der Waals surface area contributed by atoms with E-state index in [1.807, 2.05) is 41.0 Å². The molecule has 0 spiro atoms. The van der Waals surface area contributed by atoms with Gasteiger partial charge in [-0.3, -0.25) is 14.5 Å². The van der Waals surface area contributed by atoms with E-state index in [1.54, 1.807) is 11.0 Å². The second-order valence-electron chi connectivity index (χ2n) is 9.27. The Balaban J connectivity index is 1.07. The number of carbonyl (C=O) groups excluding carboxylic acids is 2. The van der Waals surface area contributed by atoms with E-state index in [0.29, 0.717) is 12.3 Å². The fourth-order valence-electron chi connectivity index (χ4n) is 5.40. The summed E-state index contributed by atoms with van der Waals surface area (Å²) in [5.41, 5.74) is 3.67. The molecule has 1 saturated heterocycles. The molecule has 0 aliphatic carbocycles. The zero-order chi connectivity index (χ0) is 24.1. The highest BCUT2D eigenvalue weighted by atomic mass is 32.2. The third-order valence-corrected chi connectivity index (χ3v) is 8.13. The number of rotatable bonds is 6. The predicted octanol–water partition coefficient (Wildman–Crippen LogP) is 4.06. The summed E-state index contributed by atoms with van der Waals surface area (Å²) < 4.78 is 7.51. The molecule has 0 saturated carbocycles. The van der Waals surface area contributed by atoms with Crippen LogP contribution >= 0.6 is 11.8 Å². The Kier molecular flexibility index (Phi) is 5.53. The normalized spacial score (nSPS) is 22.9. The lowest BCUT2D eigenvalue weighted by Crippen LogP contribution is -2.29. The molecule has 3 atom stereocenters. The van der Waals surface area contributed by atoms with Crippen LogP contribution in [0.1, 0.15) is 37.4 Å². The zero-order valence-electron chi connectivity index (χ0n) is 19.3. The number of thioether (sulfide) groups is 1. The number of aromatic nitrogens is 1. The number of cyclic esters (lactones) is 1. The van der Waals surface area contributed by atoms with Crippen molar-refractivity contribution in [2.24, 2.45) is 0 Å². The van der Waals surface area contributed by atoms with Crippen LogP contribution in [-0.4, -0.2) is 41.5 Å².